The second-order valence-corrected chi connectivity index (χ2v) is 7.33. The molecule has 1 amide bonds. The highest BCUT2D eigenvalue weighted by Gasteiger charge is 2.09. The molecule has 0 atom stereocenters. The molecule has 0 bridgehead atoms. The molecule has 6 heteroatoms. The maximum absolute atomic E-state index is 12.3. The molecule has 1 aromatic heterocycles. The summed E-state index contributed by atoms with van der Waals surface area (Å²) in [6.07, 6.45) is 0. The van der Waals surface area contributed by atoms with Gasteiger partial charge in [0.2, 0.25) is 5.91 Å². The number of anilines is 1. The van der Waals surface area contributed by atoms with Crippen molar-refractivity contribution in [3.63, 3.8) is 0 Å². The predicted octanol–water partition coefficient (Wildman–Crippen LogP) is 4.88. The molecular weight excluding hydrogens is 372 g/mol. The van der Waals surface area contributed by atoms with E-state index in [2.05, 4.69) is 16.4 Å². The van der Waals surface area contributed by atoms with Gasteiger partial charge in [-0.25, -0.2) is 4.98 Å². The van der Waals surface area contributed by atoms with Crippen molar-refractivity contribution < 1.29 is 14.3 Å². The molecule has 144 valence electrons. The molecule has 1 N–H and O–H groups in total. The van der Waals surface area contributed by atoms with Crippen LogP contribution in [0.5, 0.6) is 5.75 Å². The third-order valence-corrected chi connectivity index (χ3v) is 5.25. The molecule has 0 saturated heterocycles. The summed E-state index contributed by atoms with van der Waals surface area (Å²) >= 11 is 1.40. The van der Waals surface area contributed by atoms with Crippen molar-refractivity contribution in [2.45, 2.75) is 25.8 Å². The van der Waals surface area contributed by atoms with Crippen molar-refractivity contribution in [2.24, 2.45) is 0 Å². The van der Waals surface area contributed by atoms with E-state index in [0.717, 1.165) is 27.2 Å². The van der Waals surface area contributed by atoms with Crippen molar-refractivity contribution in [3.05, 3.63) is 59.7 Å². The number of ketones is 1. The molecule has 0 spiro atoms. The van der Waals surface area contributed by atoms with Crippen molar-refractivity contribution in [3.8, 4) is 5.75 Å². The van der Waals surface area contributed by atoms with Gasteiger partial charge in [0.15, 0.2) is 5.78 Å². The number of hydrogen-bond donors (Lipinski definition) is 1. The minimum atomic E-state index is -0.117. The van der Waals surface area contributed by atoms with Gasteiger partial charge in [0, 0.05) is 16.6 Å². The summed E-state index contributed by atoms with van der Waals surface area (Å²) in [4.78, 5) is 28.2. The summed E-state index contributed by atoms with van der Waals surface area (Å²) in [7, 11) is 0. The van der Waals surface area contributed by atoms with Gasteiger partial charge in [0.25, 0.3) is 0 Å². The van der Waals surface area contributed by atoms with Gasteiger partial charge in [0.05, 0.1) is 17.9 Å². The Morgan fingerprint density at radius 1 is 1.11 bits per heavy atom. The van der Waals surface area contributed by atoms with Crippen molar-refractivity contribution in [1.82, 2.24) is 4.98 Å². The maximum Gasteiger partial charge on any atom is 0.234 e. The Kier molecular flexibility index (Phi) is 6.31. The summed E-state index contributed by atoms with van der Waals surface area (Å²) in [5.41, 5.74) is 3.18. The number of hydrogen-bond acceptors (Lipinski definition) is 5. The Bertz CT molecular complexity index is 1020. The number of amides is 1. The number of nitrogens with zero attached hydrogens (tertiary/aromatic N) is 1. The maximum atomic E-state index is 12.3. The smallest absolute Gasteiger partial charge is 0.234 e. The van der Waals surface area contributed by atoms with Crippen molar-refractivity contribution in [2.75, 3.05) is 17.7 Å². The van der Waals surface area contributed by atoms with E-state index in [-0.39, 0.29) is 17.4 Å². The van der Waals surface area contributed by atoms with E-state index in [9.17, 15) is 9.59 Å². The molecule has 0 aliphatic carbocycles. The minimum Gasteiger partial charge on any atom is -0.494 e. The lowest BCUT2D eigenvalue weighted by molar-refractivity contribution is -0.113. The number of thioether (sulfide) groups is 1. The number of fused-ring (bicyclic) bond motifs is 1. The zero-order valence-electron chi connectivity index (χ0n) is 16.1. The summed E-state index contributed by atoms with van der Waals surface area (Å²) in [6.45, 7) is 6.08. The Morgan fingerprint density at radius 2 is 1.86 bits per heavy atom. The third kappa shape index (κ3) is 4.89. The first kappa shape index (κ1) is 19.9. The first-order valence-electron chi connectivity index (χ1n) is 9.04. The van der Waals surface area contributed by atoms with Gasteiger partial charge in [0.1, 0.15) is 10.8 Å². The first-order valence-corrected chi connectivity index (χ1v) is 10.0. The molecule has 0 unspecified atom stereocenters. The second-order valence-electron chi connectivity index (χ2n) is 6.37. The number of rotatable bonds is 7. The van der Waals surface area contributed by atoms with E-state index < -0.39 is 0 Å². The SMILES string of the molecule is CCOc1ccc2nc(SCC(=O)Nc3ccc(C(C)=O)cc3)c(C)cc2c1. The van der Waals surface area contributed by atoms with Crippen LogP contribution in [0.4, 0.5) is 5.69 Å². The van der Waals surface area contributed by atoms with E-state index in [1.807, 2.05) is 32.0 Å². The molecular formula is C22H22N2O3S. The number of carbonyl (C=O) groups is 2. The molecule has 3 aromatic rings. The van der Waals surface area contributed by atoms with Crippen LogP contribution in [0.1, 0.15) is 29.8 Å². The zero-order chi connectivity index (χ0) is 20.1. The van der Waals surface area contributed by atoms with Crippen molar-refractivity contribution in [1.29, 1.82) is 0 Å². The number of nitrogens with one attached hydrogen (secondary N) is 1. The Balaban J connectivity index is 1.65. The van der Waals surface area contributed by atoms with Crippen molar-refractivity contribution >= 4 is 40.0 Å². The van der Waals surface area contributed by atoms with Crippen LogP contribution >= 0.6 is 11.8 Å². The second kappa shape index (κ2) is 8.89. The summed E-state index contributed by atoms with van der Waals surface area (Å²) in [6, 6.07) is 14.7. The number of benzene rings is 2. The van der Waals surface area contributed by atoms with Gasteiger partial charge in [-0.15, -0.1) is 0 Å². The van der Waals surface area contributed by atoms with Gasteiger partial charge < -0.3 is 10.1 Å². The van der Waals surface area contributed by atoms with E-state index >= 15 is 0 Å². The molecule has 0 saturated carbocycles. The zero-order valence-corrected chi connectivity index (χ0v) is 16.9. The van der Waals surface area contributed by atoms with Gasteiger partial charge in [-0.3, -0.25) is 9.59 Å². The van der Waals surface area contributed by atoms with Crippen LogP contribution in [0.2, 0.25) is 0 Å². The number of ether oxygens (including phenoxy) is 1. The Labute approximate surface area is 168 Å². The Hall–Kier alpha value is -2.86. The molecule has 0 aliphatic rings. The molecule has 0 radical (unpaired) electrons. The standard InChI is InChI=1S/C22H22N2O3S/c1-4-27-19-9-10-20-17(12-19)11-14(2)22(24-20)28-13-21(26)23-18-7-5-16(6-8-18)15(3)25/h5-12H,4,13H2,1-3H3,(H,23,26). The highest BCUT2D eigenvalue weighted by atomic mass is 32.2. The van der Waals surface area contributed by atoms with Crippen LogP contribution in [-0.4, -0.2) is 29.0 Å². The van der Waals surface area contributed by atoms with Gasteiger partial charge in [-0.1, -0.05) is 11.8 Å². The molecule has 2 aromatic carbocycles. The van der Waals surface area contributed by atoms with Crippen LogP contribution in [-0.2, 0) is 4.79 Å². The quantitative estimate of drug-likeness (QED) is 0.457. The highest BCUT2D eigenvalue weighted by Crippen LogP contribution is 2.27. The van der Waals surface area contributed by atoms with Crippen LogP contribution in [0, 0.1) is 6.92 Å². The fraction of sp³-hybridized carbons (Fsp3) is 0.227. The molecule has 0 aliphatic heterocycles. The lowest BCUT2D eigenvalue weighted by Gasteiger charge is -2.09. The van der Waals surface area contributed by atoms with E-state index in [1.165, 1.54) is 18.7 Å². The number of carbonyl (C=O) groups excluding carboxylic acids is 2. The number of Topliss-reactive ketones (excluding diaryl/α,β-unsaturated/α-hetero) is 1. The van der Waals surface area contributed by atoms with E-state index in [0.29, 0.717) is 17.9 Å². The predicted molar refractivity (Wildman–Crippen MR) is 113 cm³/mol. The van der Waals surface area contributed by atoms with E-state index in [4.69, 9.17) is 4.74 Å². The van der Waals surface area contributed by atoms with E-state index in [1.54, 1.807) is 24.3 Å². The lowest BCUT2D eigenvalue weighted by atomic mass is 10.1. The molecule has 28 heavy (non-hydrogen) atoms. The van der Waals surface area contributed by atoms with Crippen LogP contribution in [0.3, 0.4) is 0 Å². The fourth-order valence-corrected chi connectivity index (χ4v) is 3.55. The molecule has 3 rings (SSSR count). The van der Waals surface area contributed by atoms with Gasteiger partial charge in [-0.05, 0) is 74.9 Å². The van der Waals surface area contributed by atoms with Crippen LogP contribution in [0.15, 0.2) is 53.6 Å². The number of aromatic nitrogens is 1. The Morgan fingerprint density at radius 3 is 2.54 bits per heavy atom. The largest absolute Gasteiger partial charge is 0.494 e. The van der Waals surface area contributed by atoms with Crippen LogP contribution < -0.4 is 10.1 Å². The van der Waals surface area contributed by atoms with Gasteiger partial charge >= 0.3 is 0 Å². The third-order valence-electron chi connectivity index (χ3n) is 4.16. The number of aryl methyl sites for hydroxylation is 1. The van der Waals surface area contributed by atoms with Gasteiger partial charge in [-0.2, -0.15) is 0 Å². The highest BCUT2D eigenvalue weighted by molar-refractivity contribution is 8.00. The monoisotopic (exact) mass is 394 g/mol. The number of pyridine rings is 1. The molecule has 0 fully saturated rings. The van der Waals surface area contributed by atoms with Crippen LogP contribution in [0.25, 0.3) is 10.9 Å². The molecule has 5 nitrogen and oxygen atoms in total. The molecule has 1 heterocycles. The minimum absolute atomic E-state index is 0.000312. The summed E-state index contributed by atoms with van der Waals surface area (Å²) in [5, 5.41) is 4.69. The lowest BCUT2D eigenvalue weighted by Crippen LogP contribution is -2.14. The topological polar surface area (TPSA) is 68.3 Å². The first-order chi connectivity index (χ1) is 13.5. The summed E-state index contributed by atoms with van der Waals surface area (Å²) < 4.78 is 5.54. The normalized spacial score (nSPS) is 10.7. The average Bonchev–Trinajstić information content (AvgIpc) is 2.67. The summed E-state index contributed by atoms with van der Waals surface area (Å²) in [5.74, 6) is 0.963. The average molecular weight is 394 g/mol. The fourth-order valence-electron chi connectivity index (χ4n) is 2.76.